The highest BCUT2D eigenvalue weighted by Crippen LogP contribution is 2.52. The number of nitrogens with one attached hydrogen (secondary N) is 1. The number of aromatic nitrogens is 4. The van der Waals surface area contributed by atoms with E-state index >= 15 is 0 Å². The fourth-order valence-corrected chi connectivity index (χ4v) is 7.92. The molecule has 7 nitrogen and oxygen atoms in total. The predicted octanol–water partition coefficient (Wildman–Crippen LogP) is 8.59. The maximum atomic E-state index is 14.3. The summed E-state index contributed by atoms with van der Waals surface area (Å²) in [6.07, 6.45) is -1.01. The predicted molar refractivity (Wildman–Crippen MR) is 163 cm³/mol. The maximum Gasteiger partial charge on any atom is 0.407 e. The van der Waals surface area contributed by atoms with E-state index in [0.29, 0.717) is 22.7 Å². The van der Waals surface area contributed by atoms with Crippen LogP contribution < -0.4 is 10.1 Å². The maximum absolute atomic E-state index is 14.3. The van der Waals surface area contributed by atoms with Crippen molar-refractivity contribution in [2.75, 3.05) is 0 Å². The molecule has 13 heteroatoms. The van der Waals surface area contributed by atoms with Gasteiger partial charge in [0.05, 0.1) is 23.1 Å². The number of imidazole rings is 1. The molecular formula is C32H36F5N5O2Si. The first-order valence-electron chi connectivity index (χ1n) is 14.8. The Morgan fingerprint density at radius 2 is 1.67 bits per heavy atom. The van der Waals surface area contributed by atoms with E-state index in [1.54, 1.807) is 18.5 Å². The summed E-state index contributed by atoms with van der Waals surface area (Å²) in [7, 11) is -2.11. The molecule has 0 saturated carbocycles. The van der Waals surface area contributed by atoms with Crippen molar-refractivity contribution in [2.24, 2.45) is 0 Å². The van der Waals surface area contributed by atoms with Crippen LogP contribution in [-0.4, -0.2) is 40.6 Å². The molecule has 45 heavy (non-hydrogen) atoms. The number of rotatable bonds is 6. The summed E-state index contributed by atoms with van der Waals surface area (Å²) in [4.78, 5) is 14.0. The lowest BCUT2D eigenvalue weighted by Crippen LogP contribution is -2.46. The normalized spacial score (nSPS) is 20.3. The fourth-order valence-electron chi connectivity index (χ4n) is 6.24. The second-order valence-electron chi connectivity index (χ2n) is 13.8. The van der Waals surface area contributed by atoms with Crippen molar-refractivity contribution in [3.8, 4) is 16.9 Å². The Bertz CT molecular complexity index is 1750. The van der Waals surface area contributed by atoms with Gasteiger partial charge in [-0.05, 0) is 67.7 Å². The molecule has 0 aliphatic carbocycles. The number of hydrogen-bond acceptors (Lipinski definition) is 6. The third-order valence-corrected chi connectivity index (χ3v) is 13.9. The molecule has 0 saturated heterocycles. The Morgan fingerprint density at radius 3 is 2.29 bits per heavy atom. The molecule has 0 spiro atoms. The second-order valence-corrected chi connectivity index (χ2v) is 18.5. The standard InChI is InChI=1S/C32H36F5N5O2Si/c1-30(2,3)45(6,7)44-31(4,5)28-38-15-18(16-39-28)17-11-12-20-22(13-17)42-23-14-21(27(42)41-20)40-26(32(35,36)37)19-9-8-10-24(25(19)23)43-29(33)34/h8-13,15-16,21,23,26,29,40H,14H2,1-7H3/t21-,23-,26-/m1/s1. The minimum Gasteiger partial charge on any atom is -0.434 e. The SMILES string of the molecule is CC(C)(O[Si](C)(C)C(C)(C)C)c1ncc(-c2ccc3nc4n(c3c2)[C@@H]2C[C@H]4N[C@@H](C(F)(F)F)c3cccc(OC(F)F)c32)cn1. The van der Waals surface area contributed by atoms with Gasteiger partial charge in [0, 0.05) is 23.5 Å². The number of alkyl halides is 5. The topological polar surface area (TPSA) is 74.1 Å². The first-order valence-corrected chi connectivity index (χ1v) is 17.7. The molecule has 2 bridgehead atoms. The summed E-state index contributed by atoms with van der Waals surface area (Å²) >= 11 is 0. The van der Waals surface area contributed by atoms with Gasteiger partial charge in [-0.3, -0.25) is 5.32 Å². The molecule has 4 aromatic rings. The lowest BCUT2D eigenvalue weighted by atomic mass is 9.94. The molecule has 3 atom stereocenters. The molecule has 1 N–H and O–H groups in total. The molecule has 0 amide bonds. The van der Waals surface area contributed by atoms with Crippen molar-refractivity contribution in [3.63, 3.8) is 0 Å². The van der Waals surface area contributed by atoms with Crippen LogP contribution in [0, 0.1) is 0 Å². The van der Waals surface area contributed by atoms with Crippen LogP contribution in [0.4, 0.5) is 22.0 Å². The van der Waals surface area contributed by atoms with Crippen molar-refractivity contribution < 1.29 is 31.1 Å². The van der Waals surface area contributed by atoms with Gasteiger partial charge in [0.2, 0.25) is 0 Å². The average Bonchev–Trinajstić information content (AvgIpc) is 3.39. The summed E-state index contributed by atoms with van der Waals surface area (Å²) < 4.78 is 82.9. The lowest BCUT2D eigenvalue weighted by Gasteiger charge is -2.42. The fraction of sp³-hybridized carbons (Fsp3) is 0.469. The van der Waals surface area contributed by atoms with Crippen LogP contribution >= 0.6 is 0 Å². The van der Waals surface area contributed by atoms with Gasteiger partial charge in [0.25, 0.3) is 0 Å². The Labute approximate surface area is 259 Å². The molecule has 2 aliphatic heterocycles. The van der Waals surface area contributed by atoms with Crippen LogP contribution in [0.3, 0.4) is 0 Å². The van der Waals surface area contributed by atoms with Crippen molar-refractivity contribution in [1.82, 2.24) is 24.8 Å². The Morgan fingerprint density at radius 1 is 0.978 bits per heavy atom. The number of fused-ring (bicyclic) bond motifs is 9. The average molecular weight is 646 g/mol. The van der Waals surface area contributed by atoms with E-state index < -0.39 is 44.8 Å². The summed E-state index contributed by atoms with van der Waals surface area (Å²) in [5, 5.41) is 2.72. The van der Waals surface area contributed by atoms with Crippen LogP contribution in [0.25, 0.3) is 22.2 Å². The third-order valence-electron chi connectivity index (χ3n) is 9.29. The smallest absolute Gasteiger partial charge is 0.407 e. The highest BCUT2D eigenvalue weighted by molar-refractivity contribution is 6.74. The quantitative estimate of drug-likeness (QED) is 0.167. The van der Waals surface area contributed by atoms with Crippen LogP contribution in [0.1, 0.15) is 81.9 Å². The molecule has 240 valence electrons. The third kappa shape index (κ3) is 5.52. The van der Waals surface area contributed by atoms with Gasteiger partial charge in [-0.2, -0.15) is 22.0 Å². The zero-order valence-corrected chi connectivity index (χ0v) is 27.1. The molecule has 0 radical (unpaired) electrons. The number of benzene rings is 2. The summed E-state index contributed by atoms with van der Waals surface area (Å²) in [5.74, 6) is 0.692. The zero-order chi connectivity index (χ0) is 32.7. The monoisotopic (exact) mass is 645 g/mol. The van der Waals surface area contributed by atoms with E-state index in [2.05, 4.69) is 49.1 Å². The van der Waals surface area contributed by atoms with Gasteiger partial charge in [0.15, 0.2) is 14.1 Å². The summed E-state index contributed by atoms with van der Waals surface area (Å²) in [6, 6.07) is 5.93. The van der Waals surface area contributed by atoms with Crippen LogP contribution in [0.5, 0.6) is 5.75 Å². The molecule has 4 heterocycles. The Hall–Kier alpha value is -3.42. The highest BCUT2D eigenvalue weighted by atomic mass is 28.4. The molecular weight excluding hydrogens is 609 g/mol. The van der Waals surface area contributed by atoms with Crippen molar-refractivity contribution in [1.29, 1.82) is 0 Å². The highest BCUT2D eigenvalue weighted by Gasteiger charge is 2.50. The number of nitrogens with zero attached hydrogens (tertiary/aromatic N) is 4. The number of ether oxygens (including phenoxy) is 1. The largest absolute Gasteiger partial charge is 0.434 e. The molecule has 0 unspecified atom stereocenters. The molecule has 6 rings (SSSR count). The van der Waals surface area contributed by atoms with E-state index in [9.17, 15) is 22.0 Å². The van der Waals surface area contributed by atoms with Crippen LogP contribution in [0.15, 0.2) is 48.8 Å². The molecule has 2 aromatic heterocycles. The van der Waals surface area contributed by atoms with Gasteiger partial charge in [0.1, 0.15) is 23.2 Å². The summed E-state index contributed by atoms with van der Waals surface area (Å²) in [6.45, 7) is 11.6. The zero-order valence-electron chi connectivity index (χ0n) is 26.1. The molecule has 2 aliphatic rings. The van der Waals surface area contributed by atoms with Gasteiger partial charge < -0.3 is 13.7 Å². The van der Waals surface area contributed by atoms with Crippen molar-refractivity contribution >= 4 is 19.4 Å². The Balaban J connectivity index is 1.40. The minimum absolute atomic E-state index is 0.0124. The number of hydrogen-bond donors (Lipinski definition) is 1. The molecule has 0 fully saturated rings. The van der Waals surface area contributed by atoms with Gasteiger partial charge >= 0.3 is 12.8 Å². The van der Waals surface area contributed by atoms with Gasteiger partial charge in [-0.25, -0.2) is 15.0 Å². The summed E-state index contributed by atoms with van der Waals surface area (Å²) in [5.41, 5.74) is 1.98. The van der Waals surface area contributed by atoms with E-state index in [-0.39, 0.29) is 28.3 Å². The van der Waals surface area contributed by atoms with Gasteiger partial charge in [-0.15, -0.1) is 0 Å². The van der Waals surface area contributed by atoms with E-state index in [1.165, 1.54) is 18.2 Å². The van der Waals surface area contributed by atoms with E-state index in [0.717, 1.165) is 11.1 Å². The van der Waals surface area contributed by atoms with Gasteiger partial charge in [-0.1, -0.05) is 39.0 Å². The van der Waals surface area contributed by atoms with Crippen LogP contribution in [-0.2, 0) is 10.0 Å². The van der Waals surface area contributed by atoms with E-state index in [4.69, 9.17) is 14.1 Å². The Kier molecular flexibility index (Phi) is 7.41. The second kappa shape index (κ2) is 10.6. The lowest BCUT2D eigenvalue weighted by molar-refractivity contribution is -0.159. The molecule has 2 aromatic carbocycles. The van der Waals surface area contributed by atoms with Crippen molar-refractivity contribution in [2.45, 2.75) is 95.7 Å². The van der Waals surface area contributed by atoms with E-state index in [1.807, 2.05) is 30.5 Å². The first-order chi connectivity index (χ1) is 20.9. The number of halogens is 5. The minimum atomic E-state index is -4.66. The van der Waals surface area contributed by atoms with Crippen molar-refractivity contribution in [3.05, 3.63) is 71.6 Å². The first kappa shape index (κ1) is 31.6. The van der Waals surface area contributed by atoms with Crippen LogP contribution in [0.2, 0.25) is 18.1 Å².